The highest BCUT2D eigenvalue weighted by atomic mass is 19.2. The lowest BCUT2D eigenvalue weighted by molar-refractivity contribution is 0.0980. The Balaban J connectivity index is 1.69. The van der Waals surface area contributed by atoms with Gasteiger partial charge >= 0.3 is 0 Å². The Morgan fingerprint density at radius 2 is 2.04 bits per heavy atom. The van der Waals surface area contributed by atoms with Crippen molar-refractivity contribution in [2.24, 2.45) is 5.73 Å². The third-order valence-corrected chi connectivity index (χ3v) is 4.14. The molecular formula is C18H18F2N2O2. The monoisotopic (exact) mass is 332 g/mol. The average Bonchev–Trinajstić information content (AvgIpc) is 3.04. The van der Waals surface area contributed by atoms with Gasteiger partial charge in [0.1, 0.15) is 0 Å². The predicted molar refractivity (Wildman–Crippen MR) is 85.3 cm³/mol. The lowest BCUT2D eigenvalue weighted by Crippen LogP contribution is -2.31. The van der Waals surface area contributed by atoms with Crippen molar-refractivity contribution in [3.8, 4) is 0 Å². The number of benzene rings is 2. The van der Waals surface area contributed by atoms with Gasteiger partial charge in [-0.1, -0.05) is 18.2 Å². The number of ether oxygens (including phenoxy) is 1. The molecule has 3 rings (SSSR count). The molecule has 1 amide bonds. The van der Waals surface area contributed by atoms with Crippen molar-refractivity contribution < 1.29 is 18.3 Å². The van der Waals surface area contributed by atoms with Crippen LogP contribution in [0.2, 0.25) is 0 Å². The van der Waals surface area contributed by atoms with Gasteiger partial charge in [0.15, 0.2) is 11.6 Å². The first-order valence-electron chi connectivity index (χ1n) is 7.73. The number of carbonyl (C=O) groups is 1. The number of primary amides is 1. The van der Waals surface area contributed by atoms with Gasteiger partial charge in [0, 0.05) is 24.8 Å². The number of hydrogen-bond acceptors (Lipinski definition) is 3. The van der Waals surface area contributed by atoms with Gasteiger partial charge in [0.2, 0.25) is 5.91 Å². The van der Waals surface area contributed by atoms with E-state index in [0.29, 0.717) is 24.3 Å². The van der Waals surface area contributed by atoms with Crippen molar-refractivity contribution in [1.29, 1.82) is 0 Å². The van der Waals surface area contributed by atoms with Gasteiger partial charge in [0.25, 0.3) is 0 Å². The van der Waals surface area contributed by atoms with E-state index >= 15 is 0 Å². The number of nitrogens with one attached hydrogen (secondary N) is 1. The lowest BCUT2D eigenvalue weighted by atomic mass is 10.0. The first kappa shape index (κ1) is 16.5. The molecule has 0 saturated carbocycles. The molecular weight excluding hydrogens is 314 g/mol. The molecule has 24 heavy (non-hydrogen) atoms. The molecule has 2 aromatic carbocycles. The normalized spacial score (nSPS) is 20.2. The number of rotatable bonds is 5. The van der Waals surface area contributed by atoms with Gasteiger partial charge < -0.3 is 15.8 Å². The van der Waals surface area contributed by atoms with Crippen LogP contribution in [-0.2, 0) is 11.3 Å². The Hall–Kier alpha value is -2.31. The molecule has 0 unspecified atom stereocenters. The van der Waals surface area contributed by atoms with Crippen molar-refractivity contribution in [1.82, 2.24) is 5.32 Å². The second-order valence-electron chi connectivity index (χ2n) is 5.81. The summed E-state index contributed by atoms with van der Waals surface area (Å²) < 4.78 is 32.2. The fraction of sp³-hybridized carbons (Fsp3) is 0.278. The van der Waals surface area contributed by atoms with Crippen molar-refractivity contribution in [2.75, 3.05) is 6.61 Å². The van der Waals surface area contributed by atoms with Crippen LogP contribution in [0.3, 0.4) is 0 Å². The minimum Gasteiger partial charge on any atom is -0.372 e. The number of carbonyl (C=O) groups excluding carboxylic acids is 1. The minimum atomic E-state index is -0.879. The molecule has 126 valence electrons. The lowest BCUT2D eigenvalue weighted by Gasteiger charge is -2.20. The summed E-state index contributed by atoms with van der Waals surface area (Å²) in [5, 5.41) is 3.35. The Morgan fingerprint density at radius 3 is 2.79 bits per heavy atom. The third-order valence-electron chi connectivity index (χ3n) is 4.14. The van der Waals surface area contributed by atoms with Crippen LogP contribution in [0.5, 0.6) is 0 Å². The van der Waals surface area contributed by atoms with Gasteiger partial charge in [-0.2, -0.15) is 0 Å². The van der Waals surface area contributed by atoms with Crippen molar-refractivity contribution >= 4 is 5.91 Å². The van der Waals surface area contributed by atoms with E-state index in [0.717, 1.165) is 18.1 Å². The summed E-state index contributed by atoms with van der Waals surface area (Å²) in [6.07, 6.45) is 0.429. The Labute approximate surface area is 138 Å². The van der Waals surface area contributed by atoms with Crippen LogP contribution in [0.1, 0.15) is 34.0 Å². The van der Waals surface area contributed by atoms with Crippen LogP contribution in [0.15, 0.2) is 42.5 Å². The summed E-state index contributed by atoms with van der Waals surface area (Å²) in [6, 6.07) is 10.9. The van der Waals surface area contributed by atoms with Crippen molar-refractivity contribution in [3.05, 3.63) is 70.8 Å². The summed E-state index contributed by atoms with van der Waals surface area (Å²) in [5.41, 5.74) is 7.26. The van der Waals surface area contributed by atoms with Gasteiger partial charge in [-0.15, -0.1) is 0 Å². The SMILES string of the molecule is NC(=O)c1cccc(CN[C@@H]2CCO[C@H]2c2ccc(F)c(F)c2)c1. The predicted octanol–water partition coefficient (Wildman–Crippen LogP) is 2.68. The summed E-state index contributed by atoms with van der Waals surface area (Å²) in [4.78, 5) is 11.2. The van der Waals surface area contributed by atoms with Crippen LogP contribution in [0.25, 0.3) is 0 Å². The number of nitrogens with two attached hydrogens (primary N) is 1. The minimum absolute atomic E-state index is 0.0212. The molecule has 0 aliphatic carbocycles. The summed E-state index contributed by atoms with van der Waals surface area (Å²) in [5.74, 6) is -2.22. The highest BCUT2D eigenvalue weighted by Crippen LogP contribution is 2.30. The van der Waals surface area contributed by atoms with Gasteiger partial charge in [-0.25, -0.2) is 8.78 Å². The van der Waals surface area contributed by atoms with E-state index in [9.17, 15) is 13.6 Å². The molecule has 1 fully saturated rings. The standard InChI is InChI=1S/C18H18F2N2O2/c19-14-5-4-12(9-15(14)20)17-16(6-7-24-17)22-10-11-2-1-3-13(8-11)18(21)23/h1-5,8-9,16-17,22H,6-7,10H2,(H2,21,23)/t16-,17+/m1/s1. The zero-order valence-electron chi connectivity index (χ0n) is 13.0. The first-order chi connectivity index (χ1) is 11.5. The van der Waals surface area contributed by atoms with Gasteiger partial charge in [0.05, 0.1) is 6.10 Å². The van der Waals surface area contributed by atoms with E-state index in [2.05, 4.69) is 5.32 Å². The maximum Gasteiger partial charge on any atom is 0.248 e. The molecule has 6 heteroatoms. The summed E-state index contributed by atoms with van der Waals surface area (Å²) in [7, 11) is 0. The number of amides is 1. The van der Waals surface area contributed by atoms with Gasteiger partial charge in [-0.05, 0) is 41.8 Å². The van der Waals surface area contributed by atoms with Crippen LogP contribution in [0, 0.1) is 11.6 Å². The van der Waals surface area contributed by atoms with Crippen LogP contribution < -0.4 is 11.1 Å². The molecule has 3 N–H and O–H groups in total. The molecule has 0 bridgehead atoms. The molecule has 0 radical (unpaired) electrons. The quantitative estimate of drug-likeness (QED) is 0.885. The molecule has 2 atom stereocenters. The zero-order valence-corrected chi connectivity index (χ0v) is 13.0. The Kier molecular flexibility index (Phi) is 4.87. The van der Waals surface area contributed by atoms with Crippen LogP contribution in [0.4, 0.5) is 8.78 Å². The molecule has 4 nitrogen and oxygen atoms in total. The van der Waals surface area contributed by atoms with Crippen LogP contribution >= 0.6 is 0 Å². The molecule has 1 aliphatic rings. The molecule has 1 heterocycles. The molecule has 1 aliphatic heterocycles. The second kappa shape index (κ2) is 7.07. The Morgan fingerprint density at radius 1 is 1.21 bits per heavy atom. The van der Waals surface area contributed by atoms with E-state index in [1.807, 2.05) is 6.07 Å². The summed E-state index contributed by atoms with van der Waals surface area (Å²) in [6.45, 7) is 1.07. The maximum atomic E-state index is 13.4. The van der Waals surface area contributed by atoms with E-state index in [1.54, 1.807) is 18.2 Å². The van der Waals surface area contributed by atoms with E-state index in [4.69, 9.17) is 10.5 Å². The van der Waals surface area contributed by atoms with E-state index < -0.39 is 17.5 Å². The van der Waals surface area contributed by atoms with Crippen molar-refractivity contribution in [2.45, 2.75) is 25.1 Å². The molecule has 0 aromatic heterocycles. The van der Waals surface area contributed by atoms with Crippen LogP contribution in [-0.4, -0.2) is 18.6 Å². The molecule has 0 spiro atoms. The molecule has 2 aromatic rings. The molecule has 1 saturated heterocycles. The zero-order chi connectivity index (χ0) is 17.1. The third kappa shape index (κ3) is 3.60. The second-order valence-corrected chi connectivity index (χ2v) is 5.81. The highest BCUT2D eigenvalue weighted by Gasteiger charge is 2.29. The average molecular weight is 332 g/mol. The summed E-state index contributed by atoms with van der Waals surface area (Å²) >= 11 is 0. The largest absolute Gasteiger partial charge is 0.372 e. The van der Waals surface area contributed by atoms with E-state index in [1.165, 1.54) is 12.1 Å². The van der Waals surface area contributed by atoms with Crippen molar-refractivity contribution in [3.63, 3.8) is 0 Å². The number of hydrogen-bond donors (Lipinski definition) is 2. The smallest absolute Gasteiger partial charge is 0.248 e. The number of halogens is 2. The highest BCUT2D eigenvalue weighted by molar-refractivity contribution is 5.92. The topological polar surface area (TPSA) is 64.4 Å². The maximum absolute atomic E-state index is 13.4. The fourth-order valence-electron chi connectivity index (χ4n) is 2.90. The Bertz CT molecular complexity index is 752. The fourth-order valence-corrected chi connectivity index (χ4v) is 2.90. The van der Waals surface area contributed by atoms with E-state index in [-0.39, 0.29) is 12.1 Å². The first-order valence-corrected chi connectivity index (χ1v) is 7.73. The van der Waals surface area contributed by atoms with Gasteiger partial charge in [-0.3, -0.25) is 4.79 Å².